The fraction of sp³-hybridized carbons (Fsp3) is 0.182. The molecule has 0 aliphatic carbocycles. The Morgan fingerprint density at radius 2 is 2.00 bits per heavy atom. The van der Waals surface area contributed by atoms with Crippen LogP contribution in [0.15, 0.2) is 41.6 Å². The highest BCUT2D eigenvalue weighted by atomic mass is 32.2. The van der Waals surface area contributed by atoms with Crippen LogP contribution in [0.1, 0.15) is 5.56 Å². The molecule has 0 aliphatic heterocycles. The lowest BCUT2D eigenvalue weighted by molar-refractivity contribution is 0.588. The molecule has 0 unspecified atom stereocenters. The smallest absolute Gasteiger partial charge is 0.240 e. The average molecular weight is 266 g/mol. The van der Waals surface area contributed by atoms with Gasteiger partial charge in [0.2, 0.25) is 10.0 Å². The summed E-state index contributed by atoms with van der Waals surface area (Å²) in [5, 5.41) is 9.73. The van der Waals surface area contributed by atoms with Crippen molar-refractivity contribution < 1.29 is 8.42 Å². The first-order chi connectivity index (χ1) is 8.62. The SMILES string of the molecule is CNS(=O)(=O)c1ccc(NCc2cn[nH]c2)cc1. The van der Waals surface area contributed by atoms with E-state index in [1.807, 2.05) is 0 Å². The highest BCUT2D eigenvalue weighted by Crippen LogP contribution is 2.14. The Hall–Kier alpha value is -1.86. The zero-order chi connectivity index (χ0) is 13.0. The summed E-state index contributed by atoms with van der Waals surface area (Å²) < 4.78 is 25.3. The molecule has 6 nitrogen and oxygen atoms in total. The number of aromatic nitrogens is 2. The fourth-order valence-electron chi connectivity index (χ4n) is 1.45. The number of nitrogens with zero attached hydrogens (tertiary/aromatic N) is 1. The van der Waals surface area contributed by atoms with E-state index in [0.717, 1.165) is 11.3 Å². The molecular weight excluding hydrogens is 252 g/mol. The van der Waals surface area contributed by atoms with Gasteiger partial charge in [-0.25, -0.2) is 13.1 Å². The minimum Gasteiger partial charge on any atom is -0.381 e. The van der Waals surface area contributed by atoms with Crippen LogP contribution in [0, 0.1) is 0 Å². The molecular formula is C11H14N4O2S. The van der Waals surface area contributed by atoms with Crippen LogP contribution in [0.5, 0.6) is 0 Å². The highest BCUT2D eigenvalue weighted by Gasteiger charge is 2.10. The molecule has 18 heavy (non-hydrogen) atoms. The third kappa shape index (κ3) is 2.88. The summed E-state index contributed by atoms with van der Waals surface area (Å²) in [5.74, 6) is 0. The monoisotopic (exact) mass is 266 g/mol. The van der Waals surface area contributed by atoms with Crippen LogP contribution in [0.3, 0.4) is 0 Å². The first-order valence-corrected chi connectivity index (χ1v) is 6.85. The molecule has 0 amide bonds. The number of rotatable bonds is 5. The van der Waals surface area contributed by atoms with E-state index in [2.05, 4.69) is 20.2 Å². The number of H-pyrrole nitrogens is 1. The molecule has 0 fully saturated rings. The van der Waals surface area contributed by atoms with Crippen LogP contribution in [-0.4, -0.2) is 25.7 Å². The van der Waals surface area contributed by atoms with Gasteiger partial charge in [-0.3, -0.25) is 5.10 Å². The van der Waals surface area contributed by atoms with Gasteiger partial charge >= 0.3 is 0 Å². The van der Waals surface area contributed by atoms with Crippen molar-refractivity contribution in [1.29, 1.82) is 0 Å². The van der Waals surface area contributed by atoms with Crippen LogP contribution in [0.2, 0.25) is 0 Å². The molecule has 0 atom stereocenters. The molecule has 0 radical (unpaired) electrons. The van der Waals surface area contributed by atoms with E-state index >= 15 is 0 Å². The van der Waals surface area contributed by atoms with Gasteiger partial charge in [-0.1, -0.05) is 0 Å². The maximum Gasteiger partial charge on any atom is 0.240 e. The van der Waals surface area contributed by atoms with Crippen molar-refractivity contribution in [1.82, 2.24) is 14.9 Å². The van der Waals surface area contributed by atoms with E-state index in [-0.39, 0.29) is 4.90 Å². The molecule has 1 aromatic carbocycles. The molecule has 0 aliphatic rings. The van der Waals surface area contributed by atoms with E-state index < -0.39 is 10.0 Å². The van der Waals surface area contributed by atoms with Crippen molar-refractivity contribution in [2.24, 2.45) is 0 Å². The van der Waals surface area contributed by atoms with Gasteiger partial charge in [0.15, 0.2) is 0 Å². The second kappa shape index (κ2) is 5.19. The summed E-state index contributed by atoms with van der Waals surface area (Å²) in [5.41, 5.74) is 1.88. The lowest BCUT2D eigenvalue weighted by Gasteiger charge is -2.06. The summed E-state index contributed by atoms with van der Waals surface area (Å²) in [7, 11) is -1.98. The summed E-state index contributed by atoms with van der Waals surface area (Å²) in [6, 6.07) is 6.57. The average Bonchev–Trinajstić information content (AvgIpc) is 2.90. The van der Waals surface area contributed by atoms with Gasteiger partial charge in [0.1, 0.15) is 0 Å². The minimum absolute atomic E-state index is 0.249. The molecule has 3 N–H and O–H groups in total. The Morgan fingerprint density at radius 1 is 1.28 bits per heavy atom. The highest BCUT2D eigenvalue weighted by molar-refractivity contribution is 7.89. The second-order valence-electron chi connectivity index (χ2n) is 3.69. The van der Waals surface area contributed by atoms with Crippen LogP contribution < -0.4 is 10.0 Å². The van der Waals surface area contributed by atoms with Crippen molar-refractivity contribution in [3.8, 4) is 0 Å². The van der Waals surface area contributed by atoms with Gasteiger partial charge in [-0.15, -0.1) is 0 Å². The van der Waals surface area contributed by atoms with E-state index in [4.69, 9.17) is 0 Å². The summed E-state index contributed by atoms with van der Waals surface area (Å²) in [6.45, 7) is 0.634. The predicted molar refractivity (Wildman–Crippen MR) is 68.6 cm³/mol. The molecule has 96 valence electrons. The van der Waals surface area contributed by atoms with E-state index in [0.29, 0.717) is 6.54 Å². The van der Waals surface area contributed by atoms with Crippen molar-refractivity contribution in [3.05, 3.63) is 42.2 Å². The van der Waals surface area contributed by atoms with Gasteiger partial charge in [-0.05, 0) is 31.3 Å². The van der Waals surface area contributed by atoms with Gasteiger partial charge in [0, 0.05) is 24.0 Å². The normalized spacial score (nSPS) is 11.4. The maximum atomic E-state index is 11.5. The van der Waals surface area contributed by atoms with Crippen LogP contribution in [-0.2, 0) is 16.6 Å². The Kier molecular flexibility index (Phi) is 3.63. The molecule has 1 aromatic heterocycles. The predicted octanol–water partition coefficient (Wildman–Crippen LogP) is 0.930. The van der Waals surface area contributed by atoms with Crippen LogP contribution in [0.4, 0.5) is 5.69 Å². The molecule has 0 spiro atoms. The lowest BCUT2D eigenvalue weighted by atomic mass is 10.3. The number of nitrogens with one attached hydrogen (secondary N) is 3. The van der Waals surface area contributed by atoms with Gasteiger partial charge in [-0.2, -0.15) is 5.10 Å². The number of benzene rings is 1. The topological polar surface area (TPSA) is 86.9 Å². The lowest BCUT2D eigenvalue weighted by Crippen LogP contribution is -2.18. The van der Waals surface area contributed by atoms with Crippen molar-refractivity contribution in [2.75, 3.05) is 12.4 Å². The zero-order valence-electron chi connectivity index (χ0n) is 9.84. The Morgan fingerprint density at radius 3 is 2.56 bits per heavy atom. The number of hydrogen-bond donors (Lipinski definition) is 3. The van der Waals surface area contributed by atoms with Crippen LogP contribution >= 0.6 is 0 Å². The molecule has 2 rings (SSSR count). The molecule has 7 heteroatoms. The summed E-state index contributed by atoms with van der Waals surface area (Å²) in [4.78, 5) is 0.249. The van der Waals surface area contributed by atoms with Crippen LogP contribution in [0.25, 0.3) is 0 Å². The Bertz CT molecular complexity index is 590. The first kappa shape index (κ1) is 12.6. The largest absolute Gasteiger partial charge is 0.381 e. The summed E-state index contributed by atoms with van der Waals surface area (Å²) >= 11 is 0. The number of aromatic amines is 1. The standard InChI is InChI=1S/C11H14N4O2S/c1-12-18(16,17)11-4-2-10(3-5-11)13-6-9-7-14-15-8-9/h2-5,7-8,12-13H,6H2,1H3,(H,14,15). The first-order valence-electron chi connectivity index (χ1n) is 5.37. The van der Waals surface area contributed by atoms with E-state index in [9.17, 15) is 8.42 Å². The van der Waals surface area contributed by atoms with Gasteiger partial charge < -0.3 is 5.32 Å². The number of anilines is 1. The van der Waals surface area contributed by atoms with Crippen molar-refractivity contribution in [2.45, 2.75) is 11.4 Å². The molecule has 2 aromatic rings. The number of sulfonamides is 1. The second-order valence-corrected chi connectivity index (χ2v) is 5.58. The van der Waals surface area contributed by atoms with Crippen molar-refractivity contribution in [3.63, 3.8) is 0 Å². The van der Waals surface area contributed by atoms with E-state index in [1.54, 1.807) is 36.7 Å². The fourth-order valence-corrected chi connectivity index (χ4v) is 2.18. The maximum absolute atomic E-state index is 11.5. The molecule has 0 saturated carbocycles. The Labute approximate surface area is 105 Å². The number of hydrogen-bond acceptors (Lipinski definition) is 4. The van der Waals surface area contributed by atoms with Crippen molar-refractivity contribution >= 4 is 15.7 Å². The molecule has 0 bridgehead atoms. The summed E-state index contributed by atoms with van der Waals surface area (Å²) in [6.07, 6.45) is 3.53. The quantitative estimate of drug-likeness (QED) is 0.751. The van der Waals surface area contributed by atoms with E-state index in [1.165, 1.54) is 7.05 Å². The molecule has 0 saturated heterocycles. The zero-order valence-corrected chi connectivity index (χ0v) is 10.7. The third-order valence-electron chi connectivity index (χ3n) is 2.48. The van der Waals surface area contributed by atoms with Gasteiger partial charge in [0.05, 0.1) is 11.1 Å². The third-order valence-corrected chi connectivity index (χ3v) is 3.92. The molecule has 1 heterocycles. The van der Waals surface area contributed by atoms with Gasteiger partial charge in [0.25, 0.3) is 0 Å². The minimum atomic E-state index is -3.37. The Balaban J connectivity index is 2.04.